The van der Waals surface area contributed by atoms with Crippen LogP contribution in [0.1, 0.15) is 22.8 Å². The van der Waals surface area contributed by atoms with E-state index in [1.165, 1.54) is 15.6 Å². The minimum atomic E-state index is -0.494. The van der Waals surface area contributed by atoms with E-state index in [2.05, 4.69) is 22.5 Å². The Kier molecular flexibility index (Phi) is 3.32. The first-order chi connectivity index (χ1) is 9.25. The Bertz CT molecular complexity index is 705. The molecule has 2 aromatic heterocycles. The maximum atomic E-state index is 10.4. The fraction of sp³-hybridized carbons (Fsp3) is 0.188. The van der Waals surface area contributed by atoms with Crippen molar-refractivity contribution in [3.8, 4) is 0 Å². The molecule has 1 N–H and O–H groups in total. The highest BCUT2D eigenvalue weighted by Crippen LogP contribution is 2.29. The lowest BCUT2D eigenvalue weighted by Gasteiger charge is -2.12. The summed E-state index contributed by atoms with van der Waals surface area (Å²) in [5.74, 6) is 0. The Labute approximate surface area is 116 Å². The summed E-state index contributed by atoms with van der Waals surface area (Å²) in [6.07, 6.45) is 3.66. The molecule has 0 aliphatic rings. The largest absolute Gasteiger partial charge is 0.388 e. The number of aliphatic hydroxyl groups excluding tert-OH is 1. The summed E-state index contributed by atoms with van der Waals surface area (Å²) >= 11 is 1.73. The number of nitrogens with zero attached hydrogens (tertiary/aromatic N) is 1. The number of thiophene rings is 1. The monoisotopic (exact) mass is 269 g/mol. The summed E-state index contributed by atoms with van der Waals surface area (Å²) in [5.41, 5.74) is 3.20. The van der Waals surface area contributed by atoms with Crippen LogP contribution in [0.25, 0.3) is 10.1 Å². The van der Waals surface area contributed by atoms with Gasteiger partial charge in [0.25, 0.3) is 0 Å². The van der Waals surface area contributed by atoms with Crippen molar-refractivity contribution in [3.05, 3.63) is 64.8 Å². The predicted molar refractivity (Wildman–Crippen MR) is 79.5 cm³/mol. The molecule has 0 radical (unpaired) electrons. The normalized spacial score (nSPS) is 12.7. The molecule has 2 heterocycles. The predicted octanol–water partition coefficient (Wildman–Crippen LogP) is 3.88. The zero-order valence-corrected chi connectivity index (χ0v) is 11.5. The van der Waals surface area contributed by atoms with Gasteiger partial charge < -0.3 is 5.11 Å². The van der Waals surface area contributed by atoms with Crippen LogP contribution in [0.4, 0.5) is 0 Å². The second kappa shape index (κ2) is 5.11. The standard InChI is InChI=1S/C16H15NOS/c1-11-6-7-17-9-14(11)15(18)8-12-10-19-16-5-3-2-4-13(12)16/h2-7,9-10,15,18H,8H2,1H3. The number of fused-ring (bicyclic) bond motifs is 1. The number of hydrogen-bond acceptors (Lipinski definition) is 3. The van der Waals surface area contributed by atoms with Gasteiger partial charge in [0.1, 0.15) is 0 Å². The number of pyridine rings is 1. The van der Waals surface area contributed by atoms with E-state index in [-0.39, 0.29) is 0 Å². The fourth-order valence-electron chi connectivity index (χ4n) is 2.33. The molecule has 0 saturated carbocycles. The van der Waals surface area contributed by atoms with E-state index in [0.717, 1.165) is 11.1 Å². The van der Waals surface area contributed by atoms with Crippen LogP contribution in [-0.2, 0) is 6.42 Å². The van der Waals surface area contributed by atoms with Gasteiger partial charge in [-0.15, -0.1) is 11.3 Å². The SMILES string of the molecule is Cc1ccncc1C(O)Cc1csc2ccccc12. The molecule has 1 unspecified atom stereocenters. The maximum Gasteiger partial charge on any atom is 0.0848 e. The lowest BCUT2D eigenvalue weighted by Crippen LogP contribution is -2.04. The molecular formula is C16H15NOS. The second-order valence-electron chi connectivity index (χ2n) is 4.71. The van der Waals surface area contributed by atoms with E-state index >= 15 is 0 Å². The minimum Gasteiger partial charge on any atom is -0.388 e. The third-order valence-electron chi connectivity index (χ3n) is 3.41. The van der Waals surface area contributed by atoms with E-state index in [1.807, 2.05) is 25.1 Å². The third kappa shape index (κ3) is 2.39. The molecule has 19 heavy (non-hydrogen) atoms. The quantitative estimate of drug-likeness (QED) is 0.782. The van der Waals surface area contributed by atoms with Crippen LogP contribution in [0.15, 0.2) is 48.1 Å². The zero-order chi connectivity index (χ0) is 13.2. The van der Waals surface area contributed by atoms with Gasteiger partial charge in [-0.2, -0.15) is 0 Å². The Morgan fingerprint density at radius 2 is 2.11 bits per heavy atom. The first-order valence-electron chi connectivity index (χ1n) is 6.29. The van der Waals surface area contributed by atoms with Crippen LogP contribution >= 0.6 is 11.3 Å². The van der Waals surface area contributed by atoms with E-state index < -0.39 is 6.10 Å². The Balaban J connectivity index is 1.91. The molecule has 1 aromatic carbocycles. The molecule has 0 fully saturated rings. The summed E-state index contributed by atoms with van der Waals surface area (Å²) in [7, 11) is 0. The number of aliphatic hydroxyl groups is 1. The highest BCUT2D eigenvalue weighted by Gasteiger charge is 2.13. The Hall–Kier alpha value is -1.71. The molecule has 0 bridgehead atoms. The molecule has 1 atom stereocenters. The summed E-state index contributed by atoms with van der Waals surface area (Å²) < 4.78 is 1.27. The lowest BCUT2D eigenvalue weighted by molar-refractivity contribution is 0.178. The first-order valence-corrected chi connectivity index (χ1v) is 7.17. The van der Waals surface area contributed by atoms with Crippen molar-refractivity contribution in [2.75, 3.05) is 0 Å². The van der Waals surface area contributed by atoms with Gasteiger partial charge in [0.05, 0.1) is 6.10 Å². The van der Waals surface area contributed by atoms with E-state index in [1.54, 1.807) is 23.7 Å². The molecule has 3 rings (SSSR count). The van der Waals surface area contributed by atoms with Gasteiger partial charge in [0.15, 0.2) is 0 Å². The molecule has 96 valence electrons. The smallest absolute Gasteiger partial charge is 0.0848 e. The minimum absolute atomic E-state index is 0.494. The molecule has 0 saturated heterocycles. The average molecular weight is 269 g/mol. The third-order valence-corrected chi connectivity index (χ3v) is 4.43. The van der Waals surface area contributed by atoms with Crippen molar-refractivity contribution in [2.45, 2.75) is 19.4 Å². The van der Waals surface area contributed by atoms with Crippen LogP contribution in [0.2, 0.25) is 0 Å². The number of hydrogen-bond donors (Lipinski definition) is 1. The van der Waals surface area contributed by atoms with Crippen LogP contribution in [-0.4, -0.2) is 10.1 Å². The molecule has 0 aliphatic carbocycles. The van der Waals surface area contributed by atoms with Gasteiger partial charge >= 0.3 is 0 Å². The zero-order valence-electron chi connectivity index (χ0n) is 10.7. The molecule has 2 nitrogen and oxygen atoms in total. The van der Waals surface area contributed by atoms with Crippen LogP contribution in [0.5, 0.6) is 0 Å². The summed E-state index contributed by atoms with van der Waals surface area (Å²) in [6.45, 7) is 2.01. The van der Waals surface area contributed by atoms with E-state index in [4.69, 9.17) is 0 Å². The van der Waals surface area contributed by atoms with Crippen molar-refractivity contribution in [2.24, 2.45) is 0 Å². The van der Waals surface area contributed by atoms with Gasteiger partial charge in [-0.1, -0.05) is 18.2 Å². The highest BCUT2D eigenvalue weighted by molar-refractivity contribution is 7.17. The average Bonchev–Trinajstić information content (AvgIpc) is 2.83. The van der Waals surface area contributed by atoms with Crippen molar-refractivity contribution >= 4 is 21.4 Å². The van der Waals surface area contributed by atoms with Crippen molar-refractivity contribution in [1.82, 2.24) is 4.98 Å². The molecule has 3 heteroatoms. The van der Waals surface area contributed by atoms with Gasteiger partial charge in [-0.25, -0.2) is 0 Å². The Morgan fingerprint density at radius 3 is 2.95 bits per heavy atom. The van der Waals surface area contributed by atoms with E-state index in [0.29, 0.717) is 6.42 Å². The van der Waals surface area contributed by atoms with E-state index in [9.17, 15) is 5.11 Å². The molecular weight excluding hydrogens is 254 g/mol. The summed E-state index contributed by atoms with van der Waals surface area (Å²) in [4.78, 5) is 4.10. The van der Waals surface area contributed by atoms with Gasteiger partial charge in [-0.3, -0.25) is 4.98 Å². The number of aromatic nitrogens is 1. The van der Waals surface area contributed by atoms with Crippen molar-refractivity contribution in [3.63, 3.8) is 0 Å². The highest BCUT2D eigenvalue weighted by atomic mass is 32.1. The van der Waals surface area contributed by atoms with Crippen molar-refractivity contribution in [1.29, 1.82) is 0 Å². The molecule has 0 aliphatic heterocycles. The number of benzene rings is 1. The van der Waals surface area contributed by atoms with Gasteiger partial charge in [0.2, 0.25) is 0 Å². The van der Waals surface area contributed by atoms with Crippen LogP contribution in [0, 0.1) is 6.92 Å². The molecule has 0 spiro atoms. The second-order valence-corrected chi connectivity index (χ2v) is 5.62. The number of rotatable bonds is 3. The summed E-state index contributed by atoms with van der Waals surface area (Å²) in [6, 6.07) is 10.3. The molecule has 3 aromatic rings. The van der Waals surface area contributed by atoms with Crippen LogP contribution < -0.4 is 0 Å². The first kappa shape index (κ1) is 12.3. The van der Waals surface area contributed by atoms with Crippen LogP contribution in [0.3, 0.4) is 0 Å². The number of aryl methyl sites for hydroxylation is 1. The fourth-order valence-corrected chi connectivity index (χ4v) is 3.31. The van der Waals surface area contributed by atoms with Gasteiger partial charge in [-0.05, 0) is 40.9 Å². The van der Waals surface area contributed by atoms with Gasteiger partial charge in [0, 0.05) is 29.1 Å². The lowest BCUT2D eigenvalue weighted by atomic mass is 9.99. The van der Waals surface area contributed by atoms with Crippen molar-refractivity contribution < 1.29 is 5.11 Å². The summed E-state index contributed by atoms with van der Waals surface area (Å²) in [5, 5.41) is 13.8. The Morgan fingerprint density at radius 1 is 1.26 bits per heavy atom. The topological polar surface area (TPSA) is 33.1 Å². The molecule has 0 amide bonds. The maximum absolute atomic E-state index is 10.4.